The van der Waals surface area contributed by atoms with E-state index >= 15 is 0 Å². The molecule has 0 aliphatic carbocycles. The molecule has 0 bridgehead atoms. The molecule has 0 aliphatic heterocycles. The van der Waals surface area contributed by atoms with Gasteiger partial charge in [0.1, 0.15) is 5.75 Å². The highest BCUT2D eigenvalue weighted by Crippen LogP contribution is 2.29. The molecule has 32 heavy (non-hydrogen) atoms. The molecule has 3 aromatic carbocycles. The molecular formula is C24H21ClN2O5. The highest BCUT2D eigenvalue weighted by Gasteiger charge is 2.13. The minimum absolute atomic E-state index is 0.212. The van der Waals surface area contributed by atoms with Crippen LogP contribution in [0.4, 0.5) is 0 Å². The highest BCUT2D eigenvalue weighted by molar-refractivity contribution is 6.30. The molecule has 1 amide bonds. The third-order valence-corrected chi connectivity index (χ3v) is 4.28. The predicted octanol–water partition coefficient (Wildman–Crippen LogP) is 4.49. The number of hydrazone groups is 1. The van der Waals surface area contributed by atoms with Crippen LogP contribution in [-0.2, 0) is 4.79 Å². The lowest BCUT2D eigenvalue weighted by molar-refractivity contribution is -0.123. The molecule has 0 unspecified atom stereocenters. The number of ether oxygens (including phenoxy) is 3. The maximum Gasteiger partial charge on any atom is 0.343 e. The Balaban J connectivity index is 1.58. The number of halogens is 1. The first-order chi connectivity index (χ1) is 15.5. The lowest BCUT2D eigenvalue weighted by Gasteiger charge is -2.11. The second-order valence-electron chi connectivity index (χ2n) is 6.43. The number of nitrogens with zero attached hydrogens (tertiary/aromatic N) is 1. The largest absolute Gasteiger partial charge is 0.490 e. The van der Waals surface area contributed by atoms with E-state index in [4.69, 9.17) is 25.8 Å². The normalized spacial score (nSPS) is 10.6. The quantitative estimate of drug-likeness (QED) is 0.224. The number of nitrogens with one attached hydrogen (secondary N) is 1. The van der Waals surface area contributed by atoms with Gasteiger partial charge in [0.2, 0.25) is 0 Å². The van der Waals surface area contributed by atoms with Gasteiger partial charge < -0.3 is 14.2 Å². The van der Waals surface area contributed by atoms with Crippen LogP contribution in [0.5, 0.6) is 17.2 Å². The second-order valence-corrected chi connectivity index (χ2v) is 6.87. The fourth-order valence-electron chi connectivity index (χ4n) is 2.61. The molecule has 0 radical (unpaired) electrons. The first kappa shape index (κ1) is 22.8. The van der Waals surface area contributed by atoms with Gasteiger partial charge in [0.15, 0.2) is 18.1 Å². The van der Waals surface area contributed by atoms with Gasteiger partial charge >= 0.3 is 5.97 Å². The number of amides is 1. The van der Waals surface area contributed by atoms with Crippen molar-refractivity contribution >= 4 is 29.7 Å². The average molecular weight is 453 g/mol. The molecule has 7 nitrogen and oxygen atoms in total. The van der Waals surface area contributed by atoms with E-state index in [1.807, 2.05) is 13.0 Å². The van der Waals surface area contributed by atoms with Gasteiger partial charge in [-0.3, -0.25) is 4.79 Å². The summed E-state index contributed by atoms with van der Waals surface area (Å²) < 4.78 is 16.4. The van der Waals surface area contributed by atoms with Gasteiger partial charge in [-0.05, 0) is 61.0 Å². The van der Waals surface area contributed by atoms with Gasteiger partial charge in [-0.15, -0.1) is 0 Å². The average Bonchev–Trinajstić information content (AvgIpc) is 2.80. The summed E-state index contributed by atoms with van der Waals surface area (Å²) in [5.41, 5.74) is 3.46. The molecule has 0 spiro atoms. The maximum atomic E-state index is 12.3. The minimum Gasteiger partial charge on any atom is -0.490 e. The summed E-state index contributed by atoms with van der Waals surface area (Å²) in [6.07, 6.45) is 1.45. The molecule has 0 saturated carbocycles. The van der Waals surface area contributed by atoms with Crippen molar-refractivity contribution in [2.45, 2.75) is 6.92 Å². The summed E-state index contributed by atoms with van der Waals surface area (Å²) in [6.45, 7) is 1.99. The summed E-state index contributed by atoms with van der Waals surface area (Å²) in [5.74, 6) is 0.242. The van der Waals surface area contributed by atoms with Crippen molar-refractivity contribution in [1.29, 1.82) is 0 Å². The molecule has 0 saturated heterocycles. The van der Waals surface area contributed by atoms with Gasteiger partial charge in [-0.2, -0.15) is 5.10 Å². The lowest BCUT2D eigenvalue weighted by Crippen LogP contribution is -2.24. The topological polar surface area (TPSA) is 86.2 Å². The van der Waals surface area contributed by atoms with Crippen molar-refractivity contribution in [2.75, 3.05) is 13.2 Å². The van der Waals surface area contributed by atoms with Crippen molar-refractivity contribution in [3.63, 3.8) is 0 Å². The fourth-order valence-corrected chi connectivity index (χ4v) is 2.79. The predicted molar refractivity (Wildman–Crippen MR) is 122 cm³/mol. The molecule has 1 N–H and O–H groups in total. The fraction of sp³-hybridized carbons (Fsp3) is 0.125. The molecule has 0 fully saturated rings. The maximum absolute atomic E-state index is 12.3. The van der Waals surface area contributed by atoms with Crippen LogP contribution < -0.4 is 19.6 Å². The smallest absolute Gasteiger partial charge is 0.343 e. The van der Waals surface area contributed by atoms with Crippen LogP contribution in [0, 0.1) is 0 Å². The van der Waals surface area contributed by atoms with E-state index < -0.39 is 11.9 Å². The van der Waals surface area contributed by atoms with Crippen LogP contribution in [0.3, 0.4) is 0 Å². The van der Waals surface area contributed by atoms with E-state index in [2.05, 4.69) is 10.5 Å². The molecular weight excluding hydrogens is 432 g/mol. The molecule has 0 heterocycles. The summed E-state index contributed by atoms with van der Waals surface area (Å²) in [6, 6.07) is 20.4. The zero-order valence-electron chi connectivity index (χ0n) is 17.3. The van der Waals surface area contributed by atoms with Crippen molar-refractivity contribution < 1.29 is 23.8 Å². The third kappa shape index (κ3) is 6.85. The zero-order chi connectivity index (χ0) is 22.8. The second kappa shape index (κ2) is 11.5. The Bertz CT molecular complexity index is 1100. The molecule has 0 aromatic heterocycles. The van der Waals surface area contributed by atoms with Crippen molar-refractivity contribution in [3.05, 3.63) is 88.9 Å². The van der Waals surface area contributed by atoms with Gasteiger partial charge in [-0.25, -0.2) is 10.2 Å². The number of benzene rings is 3. The van der Waals surface area contributed by atoms with Crippen LogP contribution in [0.1, 0.15) is 22.8 Å². The van der Waals surface area contributed by atoms with Gasteiger partial charge in [0.05, 0.1) is 18.4 Å². The molecule has 3 aromatic rings. The van der Waals surface area contributed by atoms with Gasteiger partial charge in [-0.1, -0.05) is 35.9 Å². The SMILES string of the molecule is CCOc1cc(C=NNC(=O)COc2cccc(Cl)c2)ccc1OC(=O)c1ccccc1. The number of hydrogen-bond donors (Lipinski definition) is 1. The van der Waals surface area contributed by atoms with E-state index in [1.165, 1.54) is 6.21 Å². The Kier molecular flexibility index (Phi) is 8.22. The molecule has 8 heteroatoms. The van der Waals surface area contributed by atoms with Crippen LogP contribution in [0.15, 0.2) is 77.9 Å². The summed E-state index contributed by atoms with van der Waals surface area (Å²) >= 11 is 5.87. The number of rotatable bonds is 9. The van der Waals surface area contributed by atoms with Crippen LogP contribution in [-0.4, -0.2) is 31.3 Å². The monoisotopic (exact) mass is 452 g/mol. The van der Waals surface area contributed by atoms with E-state index in [-0.39, 0.29) is 12.4 Å². The van der Waals surface area contributed by atoms with Gasteiger partial charge in [0, 0.05) is 5.02 Å². The Morgan fingerprint density at radius 3 is 2.53 bits per heavy atom. The molecule has 0 aliphatic rings. The van der Waals surface area contributed by atoms with Crippen LogP contribution in [0.2, 0.25) is 5.02 Å². The number of carbonyl (C=O) groups is 2. The number of esters is 1. The first-order valence-electron chi connectivity index (χ1n) is 9.79. The minimum atomic E-state index is -0.486. The van der Waals surface area contributed by atoms with Crippen molar-refractivity contribution in [2.24, 2.45) is 5.10 Å². The van der Waals surface area contributed by atoms with E-state index in [0.29, 0.717) is 34.3 Å². The first-order valence-corrected chi connectivity index (χ1v) is 10.2. The van der Waals surface area contributed by atoms with Crippen molar-refractivity contribution in [1.82, 2.24) is 5.43 Å². The van der Waals surface area contributed by atoms with E-state index in [0.717, 1.165) is 0 Å². The highest BCUT2D eigenvalue weighted by atomic mass is 35.5. The Morgan fingerprint density at radius 2 is 1.78 bits per heavy atom. The summed E-state index contributed by atoms with van der Waals surface area (Å²) in [7, 11) is 0. The van der Waals surface area contributed by atoms with Gasteiger partial charge in [0.25, 0.3) is 5.91 Å². The number of hydrogen-bond acceptors (Lipinski definition) is 6. The Labute approximate surface area is 190 Å². The van der Waals surface area contributed by atoms with Crippen molar-refractivity contribution in [3.8, 4) is 17.2 Å². The standard InChI is InChI=1S/C24H21ClN2O5/c1-2-30-22-13-17(11-12-21(22)32-24(29)18-7-4-3-5-8-18)15-26-27-23(28)16-31-20-10-6-9-19(25)14-20/h3-15H,2,16H2,1H3,(H,27,28). The third-order valence-electron chi connectivity index (χ3n) is 4.05. The molecule has 0 atom stereocenters. The van der Waals surface area contributed by atoms with E-state index in [9.17, 15) is 9.59 Å². The number of carbonyl (C=O) groups excluding carboxylic acids is 2. The van der Waals surface area contributed by atoms with Crippen LogP contribution in [0.25, 0.3) is 0 Å². The Hall–Kier alpha value is -3.84. The molecule has 3 rings (SSSR count). The summed E-state index contributed by atoms with van der Waals surface area (Å²) in [5, 5.41) is 4.43. The molecule has 164 valence electrons. The van der Waals surface area contributed by atoms with Crippen LogP contribution >= 0.6 is 11.6 Å². The Morgan fingerprint density at radius 1 is 0.969 bits per heavy atom. The van der Waals surface area contributed by atoms with E-state index in [1.54, 1.807) is 66.7 Å². The lowest BCUT2D eigenvalue weighted by atomic mass is 10.2. The zero-order valence-corrected chi connectivity index (χ0v) is 18.0. The summed E-state index contributed by atoms with van der Waals surface area (Å²) in [4.78, 5) is 24.2.